The molecule has 0 bridgehead atoms. The van der Waals surface area contributed by atoms with Crippen LogP contribution in [0.1, 0.15) is 33.3 Å². The maximum Gasteiger partial charge on any atom is 0.162 e. The van der Waals surface area contributed by atoms with Gasteiger partial charge < -0.3 is 9.47 Å². The van der Waals surface area contributed by atoms with Crippen molar-refractivity contribution in [2.75, 3.05) is 13.2 Å². The van der Waals surface area contributed by atoms with Crippen LogP contribution in [0.15, 0.2) is 30.3 Å². The molecule has 0 fully saturated rings. The Morgan fingerprint density at radius 1 is 1.00 bits per heavy atom. The topological polar surface area (TPSA) is 18.5 Å². The Morgan fingerprint density at radius 2 is 1.53 bits per heavy atom. The van der Waals surface area contributed by atoms with Crippen LogP contribution in [0.2, 0.25) is 0 Å². The lowest BCUT2D eigenvalue weighted by atomic mass is 9.85. The summed E-state index contributed by atoms with van der Waals surface area (Å²) >= 11 is 0. The Kier molecular flexibility index (Phi) is 5.66. The molecule has 1 rings (SSSR count). The van der Waals surface area contributed by atoms with Crippen molar-refractivity contribution in [3.63, 3.8) is 0 Å². The van der Waals surface area contributed by atoms with Gasteiger partial charge in [-0.05, 0) is 25.8 Å². The molecule has 0 aromatic heterocycles. The monoisotopic (exact) mass is 236 g/mol. The van der Waals surface area contributed by atoms with Gasteiger partial charge in [0.05, 0.1) is 0 Å². The zero-order valence-corrected chi connectivity index (χ0v) is 11.4. The fourth-order valence-electron chi connectivity index (χ4n) is 2.01. The Hall–Kier alpha value is -0.860. The first-order valence-electron chi connectivity index (χ1n) is 6.37. The average Bonchev–Trinajstić information content (AvgIpc) is 2.29. The normalized spacial score (nSPS) is 12.1. The van der Waals surface area contributed by atoms with Crippen molar-refractivity contribution in [3.05, 3.63) is 35.9 Å². The van der Waals surface area contributed by atoms with Crippen LogP contribution < -0.4 is 0 Å². The molecule has 0 atom stereocenters. The molecule has 1 aromatic rings. The second-order valence-electron chi connectivity index (χ2n) is 4.89. The SMILES string of the molecule is CCOC(OCC)C(C)(C)Cc1ccccc1. The minimum atomic E-state index is -0.141. The largest absolute Gasteiger partial charge is 0.352 e. The van der Waals surface area contributed by atoms with Crippen LogP contribution in [0.4, 0.5) is 0 Å². The minimum Gasteiger partial charge on any atom is -0.352 e. The summed E-state index contributed by atoms with van der Waals surface area (Å²) < 4.78 is 11.4. The van der Waals surface area contributed by atoms with Gasteiger partial charge in [0.2, 0.25) is 0 Å². The van der Waals surface area contributed by atoms with E-state index in [4.69, 9.17) is 9.47 Å². The predicted molar refractivity (Wildman–Crippen MR) is 71.0 cm³/mol. The number of hydrogen-bond donors (Lipinski definition) is 0. The quantitative estimate of drug-likeness (QED) is 0.673. The molecule has 0 amide bonds. The Labute approximate surface area is 105 Å². The van der Waals surface area contributed by atoms with Gasteiger partial charge in [-0.25, -0.2) is 0 Å². The van der Waals surface area contributed by atoms with Gasteiger partial charge in [-0.1, -0.05) is 44.2 Å². The molecule has 0 N–H and O–H groups in total. The van der Waals surface area contributed by atoms with Crippen molar-refractivity contribution >= 4 is 0 Å². The zero-order valence-electron chi connectivity index (χ0n) is 11.4. The van der Waals surface area contributed by atoms with Gasteiger partial charge >= 0.3 is 0 Å². The summed E-state index contributed by atoms with van der Waals surface area (Å²) in [5.41, 5.74) is 1.30. The van der Waals surface area contributed by atoms with Gasteiger partial charge in [-0.2, -0.15) is 0 Å². The number of benzene rings is 1. The highest BCUT2D eigenvalue weighted by molar-refractivity contribution is 5.16. The second-order valence-corrected chi connectivity index (χ2v) is 4.89. The smallest absolute Gasteiger partial charge is 0.162 e. The van der Waals surface area contributed by atoms with Gasteiger partial charge in [-0.3, -0.25) is 0 Å². The van der Waals surface area contributed by atoms with Crippen LogP contribution in [0.25, 0.3) is 0 Å². The van der Waals surface area contributed by atoms with E-state index < -0.39 is 0 Å². The van der Waals surface area contributed by atoms with Crippen molar-refractivity contribution in [1.29, 1.82) is 0 Å². The van der Waals surface area contributed by atoms with E-state index in [0.717, 1.165) is 6.42 Å². The summed E-state index contributed by atoms with van der Waals surface area (Å²) in [6.45, 7) is 9.76. The van der Waals surface area contributed by atoms with Crippen molar-refractivity contribution in [2.24, 2.45) is 5.41 Å². The molecule has 0 aliphatic carbocycles. The molecule has 2 nitrogen and oxygen atoms in total. The maximum atomic E-state index is 5.70. The summed E-state index contributed by atoms with van der Waals surface area (Å²) in [6, 6.07) is 10.5. The molecule has 1 aromatic carbocycles. The molecule has 96 valence electrons. The van der Waals surface area contributed by atoms with Crippen LogP contribution in [0.3, 0.4) is 0 Å². The second kappa shape index (κ2) is 6.77. The molecule has 0 saturated heterocycles. The molecule has 0 unspecified atom stereocenters. The van der Waals surface area contributed by atoms with Gasteiger partial charge in [0, 0.05) is 18.6 Å². The molecule has 0 heterocycles. The standard InChI is InChI=1S/C15H24O2/c1-5-16-14(17-6-2)15(3,4)12-13-10-8-7-9-11-13/h7-11,14H,5-6,12H2,1-4H3. The van der Waals surface area contributed by atoms with Crippen LogP contribution >= 0.6 is 0 Å². The van der Waals surface area contributed by atoms with E-state index >= 15 is 0 Å². The van der Waals surface area contributed by atoms with E-state index in [1.807, 2.05) is 19.9 Å². The lowest BCUT2D eigenvalue weighted by molar-refractivity contribution is -0.193. The molecule has 2 heteroatoms. The van der Waals surface area contributed by atoms with Gasteiger partial charge in [0.25, 0.3) is 0 Å². The summed E-state index contributed by atoms with van der Waals surface area (Å²) in [4.78, 5) is 0. The molecule has 0 aliphatic heterocycles. The van der Waals surface area contributed by atoms with E-state index in [1.54, 1.807) is 0 Å². The van der Waals surface area contributed by atoms with Crippen LogP contribution in [0.5, 0.6) is 0 Å². The molecular weight excluding hydrogens is 212 g/mol. The van der Waals surface area contributed by atoms with Gasteiger partial charge in [0.1, 0.15) is 0 Å². The number of rotatable bonds is 7. The molecule has 17 heavy (non-hydrogen) atoms. The first kappa shape index (κ1) is 14.2. The van der Waals surface area contributed by atoms with Crippen LogP contribution in [-0.2, 0) is 15.9 Å². The molecular formula is C15H24O2. The maximum absolute atomic E-state index is 5.70. The van der Waals surface area contributed by atoms with E-state index in [2.05, 4.69) is 38.1 Å². The summed E-state index contributed by atoms with van der Waals surface area (Å²) in [5, 5.41) is 0. The van der Waals surface area contributed by atoms with E-state index in [-0.39, 0.29) is 11.7 Å². The van der Waals surface area contributed by atoms with Crippen molar-refractivity contribution in [1.82, 2.24) is 0 Å². The highest BCUT2D eigenvalue weighted by atomic mass is 16.7. The molecule has 0 aliphatic rings. The van der Waals surface area contributed by atoms with Gasteiger partial charge in [0.15, 0.2) is 6.29 Å². The average molecular weight is 236 g/mol. The third kappa shape index (κ3) is 4.49. The van der Waals surface area contributed by atoms with E-state index in [1.165, 1.54) is 5.56 Å². The third-order valence-corrected chi connectivity index (χ3v) is 2.78. The van der Waals surface area contributed by atoms with Crippen molar-refractivity contribution in [3.8, 4) is 0 Å². The highest BCUT2D eigenvalue weighted by Crippen LogP contribution is 2.29. The summed E-state index contributed by atoms with van der Waals surface area (Å²) in [6.07, 6.45) is 0.816. The molecule has 0 saturated carbocycles. The Morgan fingerprint density at radius 3 is 2.00 bits per heavy atom. The zero-order chi connectivity index (χ0) is 12.7. The fraction of sp³-hybridized carbons (Fsp3) is 0.600. The summed E-state index contributed by atoms with van der Waals surface area (Å²) in [7, 11) is 0. The van der Waals surface area contributed by atoms with Crippen LogP contribution in [0, 0.1) is 5.41 Å². The molecule has 0 radical (unpaired) electrons. The number of hydrogen-bond acceptors (Lipinski definition) is 2. The van der Waals surface area contributed by atoms with Gasteiger partial charge in [-0.15, -0.1) is 0 Å². The lowest BCUT2D eigenvalue weighted by Gasteiger charge is -2.33. The lowest BCUT2D eigenvalue weighted by Crippen LogP contribution is -2.36. The van der Waals surface area contributed by atoms with E-state index in [9.17, 15) is 0 Å². The van der Waals surface area contributed by atoms with Crippen molar-refractivity contribution in [2.45, 2.75) is 40.4 Å². The Balaban J connectivity index is 2.70. The highest BCUT2D eigenvalue weighted by Gasteiger charge is 2.30. The fourth-order valence-corrected chi connectivity index (χ4v) is 2.01. The predicted octanol–water partition coefficient (Wildman–Crippen LogP) is 3.65. The van der Waals surface area contributed by atoms with E-state index in [0.29, 0.717) is 13.2 Å². The third-order valence-electron chi connectivity index (χ3n) is 2.78. The summed E-state index contributed by atoms with van der Waals surface area (Å²) in [5.74, 6) is 0. The van der Waals surface area contributed by atoms with Crippen LogP contribution in [-0.4, -0.2) is 19.5 Å². The number of ether oxygens (including phenoxy) is 2. The van der Waals surface area contributed by atoms with Crippen molar-refractivity contribution < 1.29 is 9.47 Å². The minimum absolute atomic E-state index is 0.0205. The molecule has 0 spiro atoms. The first-order valence-corrected chi connectivity index (χ1v) is 6.37. The Bertz CT molecular complexity index is 300. The first-order chi connectivity index (χ1) is 8.10.